The third kappa shape index (κ3) is 4.28. The fourth-order valence-electron chi connectivity index (χ4n) is 2.04. The zero-order chi connectivity index (χ0) is 15.4. The third-order valence-corrected chi connectivity index (χ3v) is 4.05. The first kappa shape index (κ1) is 16.5. The van der Waals surface area contributed by atoms with Gasteiger partial charge in [0.25, 0.3) is 0 Å². The molecule has 0 saturated heterocycles. The van der Waals surface area contributed by atoms with Crippen LogP contribution in [0.3, 0.4) is 0 Å². The molecule has 0 heterocycles. The molecule has 0 amide bonds. The summed E-state index contributed by atoms with van der Waals surface area (Å²) in [6.07, 6.45) is 0. The summed E-state index contributed by atoms with van der Waals surface area (Å²) in [5, 5.41) is 3.34. The normalized spacial score (nSPS) is 12.2. The van der Waals surface area contributed by atoms with Crippen LogP contribution in [0.5, 0.6) is 11.5 Å². The molecule has 2 nitrogen and oxygen atoms in total. The molecule has 2 aromatic carbocycles. The molecule has 0 aromatic heterocycles. The Labute approximate surface area is 141 Å². The van der Waals surface area contributed by atoms with E-state index >= 15 is 0 Å². The average molecular weight is 417 g/mol. The second-order valence-corrected chi connectivity index (χ2v) is 6.47. The molecule has 0 radical (unpaired) electrons. The van der Waals surface area contributed by atoms with Crippen molar-refractivity contribution in [2.75, 3.05) is 6.54 Å². The SMILES string of the molecule is CCNC(C)c1ccc(Br)cc1Oc1cc(Br)ccc1F. The van der Waals surface area contributed by atoms with Crippen molar-refractivity contribution in [2.24, 2.45) is 0 Å². The maximum absolute atomic E-state index is 13.9. The Morgan fingerprint density at radius 1 is 1.10 bits per heavy atom. The molecule has 0 aliphatic heterocycles. The van der Waals surface area contributed by atoms with Crippen molar-refractivity contribution in [3.8, 4) is 11.5 Å². The fourth-order valence-corrected chi connectivity index (χ4v) is 2.72. The highest BCUT2D eigenvalue weighted by molar-refractivity contribution is 9.10. The molecule has 0 aliphatic carbocycles. The lowest BCUT2D eigenvalue weighted by Crippen LogP contribution is -2.18. The van der Waals surface area contributed by atoms with Crippen molar-refractivity contribution >= 4 is 31.9 Å². The summed E-state index contributed by atoms with van der Waals surface area (Å²) in [5.41, 5.74) is 0.986. The highest BCUT2D eigenvalue weighted by atomic mass is 79.9. The molecule has 1 N–H and O–H groups in total. The van der Waals surface area contributed by atoms with E-state index in [0.29, 0.717) is 5.75 Å². The van der Waals surface area contributed by atoms with Gasteiger partial charge in [0.05, 0.1) is 0 Å². The molecular weight excluding hydrogens is 401 g/mol. The van der Waals surface area contributed by atoms with Gasteiger partial charge >= 0.3 is 0 Å². The van der Waals surface area contributed by atoms with Gasteiger partial charge in [0, 0.05) is 20.6 Å². The van der Waals surface area contributed by atoms with Crippen LogP contribution in [-0.4, -0.2) is 6.54 Å². The Morgan fingerprint density at radius 3 is 2.38 bits per heavy atom. The first-order valence-electron chi connectivity index (χ1n) is 6.67. The third-order valence-electron chi connectivity index (χ3n) is 3.07. The monoisotopic (exact) mass is 415 g/mol. The highest BCUT2D eigenvalue weighted by Crippen LogP contribution is 2.34. The summed E-state index contributed by atoms with van der Waals surface area (Å²) in [6.45, 7) is 4.95. The van der Waals surface area contributed by atoms with Gasteiger partial charge in [0.2, 0.25) is 0 Å². The number of nitrogens with one attached hydrogen (secondary N) is 1. The Hall–Kier alpha value is -0.910. The maximum atomic E-state index is 13.9. The van der Waals surface area contributed by atoms with Crippen LogP contribution < -0.4 is 10.1 Å². The Morgan fingerprint density at radius 2 is 1.71 bits per heavy atom. The van der Waals surface area contributed by atoms with Crippen molar-refractivity contribution in [1.29, 1.82) is 0 Å². The van der Waals surface area contributed by atoms with Crippen molar-refractivity contribution in [3.63, 3.8) is 0 Å². The average Bonchev–Trinajstić information content (AvgIpc) is 2.43. The first-order chi connectivity index (χ1) is 10.0. The quantitative estimate of drug-likeness (QED) is 0.663. The zero-order valence-electron chi connectivity index (χ0n) is 11.8. The predicted octanol–water partition coefficient (Wildman–Crippen LogP) is 5.81. The molecule has 0 fully saturated rings. The van der Waals surface area contributed by atoms with Gasteiger partial charge in [-0.05, 0) is 43.8 Å². The van der Waals surface area contributed by atoms with Gasteiger partial charge in [0.1, 0.15) is 5.75 Å². The minimum absolute atomic E-state index is 0.119. The molecule has 1 unspecified atom stereocenters. The van der Waals surface area contributed by atoms with E-state index in [0.717, 1.165) is 21.1 Å². The van der Waals surface area contributed by atoms with Gasteiger partial charge in [-0.1, -0.05) is 44.8 Å². The van der Waals surface area contributed by atoms with Crippen LogP contribution in [0.1, 0.15) is 25.5 Å². The molecule has 0 spiro atoms. The Kier molecular flexibility index (Phi) is 5.79. The number of benzene rings is 2. The minimum atomic E-state index is -0.389. The van der Waals surface area contributed by atoms with Crippen LogP contribution in [0.2, 0.25) is 0 Å². The molecule has 2 aromatic rings. The standard InChI is InChI=1S/C16H16Br2FNO/c1-3-20-10(2)13-6-4-11(17)8-15(13)21-16-9-12(18)5-7-14(16)19/h4-10,20H,3H2,1-2H3. The lowest BCUT2D eigenvalue weighted by atomic mass is 10.1. The lowest BCUT2D eigenvalue weighted by molar-refractivity contribution is 0.429. The molecule has 0 bridgehead atoms. The summed E-state index contributed by atoms with van der Waals surface area (Å²) in [7, 11) is 0. The van der Waals surface area contributed by atoms with Crippen LogP contribution in [0, 0.1) is 5.82 Å². The number of hydrogen-bond acceptors (Lipinski definition) is 2. The summed E-state index contributed by atoms with van der Waals surface area (Å²) < 4.78 is 21.3. The number of rotatable bonds is 5. The topological polar surface area (TPSA) is 21.3 Å². The van der Waals surface area contributed by atoms with Crippen LogP contribution in [0.25, 0.3) is 0 Å². The fraction of sp³-hybridized carbons (Fsp3) is 0.250. The second kappa shape index (κ2) is 7.38. The minimum Gasteiger partial charge on any atom is -0.454 e. The maximum Gasteiger partial charge on any atom is 0.165 e. The second-order valence-electron chi connectivity index (χ2n) is 4.64. The first-order valence-corrected chi connectivity index (χ1v) is 8.25. The van der Waals surface area contributed by atoms with E-state index in [9.17, 15) is 4.39 Å². The van der Waals surface area contributed by atoms with E-state index in [1.54, 1.807) is 12.1 Å². The zero-order valence-corrected chi connectivity index (χ0v) is 15.0. The summed E-state index contributed by atoms with van der Waals surface area (Å²) in [5.74, 6) is 0.447. The van der Waals surface area contributed by atoms with Crippen molar-refractivity contribution < 1.29 is 9.13 Å². The largest absolute Gasteiger partial charge is 0.454 e. The van der Waals surface area contributed by atoms with Crippen molar-refractivity contribution in [2.45, 2.75) is 19.9 Å². The molecule has 21 heavy (non-hydrogen) atoms. The van der Waals surface area contributed by atoms with Crippen molar-refractivity contribution in [1.82, 2.24) is 5.32 Å². The summed E-state index contributed by atoms with van der Waals surface area (Å²) in [4.78, 5) is 0. The number of hydrogen-bond donors (Lipinski definition) is 1. The Balaban J connectivity index is 2.38. The molecule has 2 rings (SSSR count). The molecule has 1 atom stereocenters. The molecule has 0 saturated carbocycles. The van der Waals surface area contributed by atoms with Gasteiger partial charge < -0.3 is 10.1 Å². The van der Waals surface area contributed by atoms with Crippen LogP contribution in [-0.2, 0) is 0 Å². The van der Waals surface area contributed by atoms with Crippen molar-refractivity contribution in [3.05, 3.63) is 56.7 Å². The summed E-state index contributed by atoms with van der Waals surface area (Å²) >= 11 is 6.76. The Bertz CT molecular complexity index is 634. The van der Waals surface area contributed by atoms with Crippen LogP contribution in [0.15, 0.2) is 45.3 Å². The van der Waals surface area contributed by atoms with Gasteiger partial charge in [0.15, 0.2) is 11.6 Å². The molecule has 5 heteroatoms. The summed E-state index contributed by atoms with van der Waals surface area (Å²) in [6, 6.07) is 10.5. The van der Waals surface area contributed by atoms with E-state index in [2.05, 4.69) is 44.1 Å². The predicted molar refractivity (Wildman–Crippen MR) is 90.4 cm³/mol. The van der Waals surface area contributed by atoms with Gasteiger partial charge in [-0.15, -0.1) is 0 Å². The molecule has 112 valence electrons. The van der Waals surface area contributed by atoms with E-state index in [-0.39, 0.29) is 17.6 Å². The molecule has 0 aliphatic rings. The van der Waals surface area contributed by atoms with Gasteiger partial charge in [-0.25, -0.2) is 4.39 Å². The van der Waals surface area contributed by atoms with E-state index in [1.807, 2.05) is 25.1 Å². The van der Waals surface area contributed by atoms with Gasteiger partial charge in [-0.3, -0.25) is 0 Å². The lowest BCUT2D eigenvalue weighted by Gasteiger charge is -2.18. The van der Waals surface area contributed by atoms with Crippen LogP contribution in [0.4, 0.5) is 4.39 Å². The van der Waals surface area contributed by atoms with E-state index < -0.39 is 0 Å². The number of ether oxygens (including phenoxy) is 1. The highest BCUT2D eigenvalue weighted by Gasteiger charge is 2.14. The van der Waals surface area contributed by atoms with E-state index in [4.69, 9.17) is 4.74 Å². The van der Waals surface area contributed by atoms with Gasteiger partial charge in [-0.2, -0.15) is 0 Å². The smallest absolute Gasteiger partial charge is 0.165 e. The van der Waals surface area contributed by atoms with E-state index in [1.165, 1.54) is 6.07 Å². The molecular formula is C16H16Br2FNO. The number of halogens is 3. The van der Waals surface area contributed by atoms with Crippen LogP contribution >= 0.6 is 31.9 Å².